The van der Waals surface area contributed by atoms with Crippen LogP contribution < -0.4 is 10.1 Å². The molecule has 2 amide bonds. The molecule has 0 bridgehead atoms. The second-order valence-electron chi connectivity index (χ2n) is 6.98. The molecule has 0 radical (unpaired) electrons. The molecular weight excluding hydrogens is 326 g/mol. The van der Waals surface area contributed by atoms with Crippen molar-refractivity contribution in [2.45, 2.75) is 19.4 Å². The molecule has 2 aliphatic rings. The number of nitrogens with one attached hydrogen (secondary N) is 1. The summed E-state index contributed by atoms with van der Waals surface area (Å²) >= 11 is 0. The SMILES string of the molecule is O=C(Nc1cccc(OCc2cccnc2)c1)N1C[C@H]2CC=CC[C@@H]2C1. The summed E-state index contributed by atoms with van der Waals surface area (Å²) in [4.78, 5) is 18.6. The number of benzene rings is 1. The van der Waals surface area contributed by atoms with E-state index in [-0.39, 0.29) is 6.03 Å². The third-order valence-electron chi connectivity index (χ3n) is 5.12. The second-order valence-corrected chi connectivity index (χ2v) is 6.98. The molecule has 0 spiro atoms. The third kappa shape index (κ3) is 3.87. The molecule has 26 heavy (non-hydrogen) atoms. The zero-order valence-electron chi connectivity index (χ0n) is 14.7. The van der Waals surface area contributed by atoms with Crippen molar-refractivity contribution in [2.75, 3.05) is 18.4 Å². The Hall–Kier alpha value is -2.82. The minimum atomic E-state index is -0.0243. The molecule has 1 saturated heterocycles. The van der Waals surface area contributed by atoms with Crippen LogP contribution in [0.25, 0.3) is 0 Å². The van der Waals surface area contributed by atoms with E-state index in [0.29, 0.717) is 18.4 Å². The van der Waals surface area contributed by atoms with Gasteiger partial charge in [-0.05, 0) is 42.9 Å². The average Bonchev–Trinajstić information content (AvgIpc) is 3.12. The van der Waals surface area contributed by atoms with Gasteiger partial charge in [0, 0.05) is 42.8 Å². The summed E-state index contributed by atoms with van der Waals surface area (Å²) in [6.07, 6.45) is 10.2. The number of allylic oxidation sites excluding steroid dienone is 2. The molecule has 0 saturated carbocycles. The van der Waals surface area contributed by atoms with Crippen LogP contribution in [0.15, 0.2) is 60.9 Å². The van der Waals surface area contributed by atoms with Crippen LogP contribution in [0.3, 0.4) is 0 Å². The van der Waals surface area contributed by atoms with Crippen LogP contribution in [0.4, 0.5) is 10.5 Å². The first-order valence-corrected chi connectivity index (χ1v) is 9.10. The number of rotatable bonds is 4. The summed E-state index contributed by atoms with van der Waals surface area (Å²) in [7, 11) is 0. The molecule has 2 atom stereocenters. The minimum Gasteiger partial charge on any atom is -0.489 e. The van der Waals surface area contributed by atoms with E-state index in [4.69, 9.17) is 4.74 Å². The summed E-state index contributed by atoms with van der Waals surface area (Å²) in [6.45, 7) is 2.14. The Morgan fingerprint density at radius 1 is 1.15 bits per heavy atom. The molecule has 4 rings (SSSR count). The lowest BCUT2D eigenvalue weighted by Crippen LogP contribution is -2.33. The lowest BCUT2D eigenvalue weighted by molar-refractivity contribution is 0.220. The van der Waals surface area contributed by atoms with Crippen LogP contribution in [0.5, 0.6) is 5.75 Å². The molecule has 1 fully saturated rings. The molecule has 1 aliphatic carbocycles. The Morgan fingerprint density at radius 3 is 2.69 bits per heavy atom. The number of hydrogen-bond acceptors (Lipinski definition) is 3. The van der Waals surface area contributed by atoms with E-state index in [1.807, 2.05) is 41.3 Å². The number of anilines is 1. The van der Waals surface area contributed by atoms with Gasteiger partial charge in [0.05, 0.1) is 0 Å². The molecule has 1 N–H and O–H groups in total. The van der Waals surface area contributed by atoms with Gasteiger partial charge < -0.3 is 15.0 Å². The normalized spacial score (nSPS) is 21.3. The first-order valence-electron chi connectivity index (χ1n) is 9.10. The topological polar surface area (TPSA) is 54.5 Å². The maximum Gasteiger partial charge on any atom is 0.321 e. The van der Waals surface area contributed by atoms with Crippen molar-refractivity contribution in [2.24, 2.45) is 11.8 Å². The molecule has 2 heterocycles. The average molecular weight is 349 g/mol. The van der Waals surface area contributed by atoms with Crippen molar-refractivity contribution >= 4 is 11.7 Å². The summed E-state index contributed by atoms with van der Waals surface area (Å²) in [5.41, 5.74) is 1.77. The number of carbonyl (C=O) groups excluding carboxylic acids is 1. The van der Waals surface area contributed by atoms with E-state index in [9.17, 15) is 4.79 Å². The quantitative estimate of drug-likeness (QED) is 0.846. The molecule has 5 nitrogen and oxygen atoms in total. The van der Waals surface area contributed by atoms with Gasteiger partial charge in [0.1, 0.15) is 12.4 Å². The van der Waals surface area contributed by atoms with E-state index in [2.05, 4.69) is 22.5 Å². The number of urea groups is 1. The molecule has 2 aromatic rings. The zero-order chi connectivity index (χ0) is 17.8. The van der Waals surface area contributed by atoms with Gasteiger partial charge in [0.25, 0.3) is 0 Å². The molecule has 0 unspecified atom stereocenters. The smallest absolute Gasteiger partial charge is 0.321 e. The van der Waals surface area contributed by atoms with Crippen molar-refractivity contribution in [3.63, 3.8) is 0 Å². The Balaban J connectivity index is 1.34. The molecule has 1 aromatic carbocycles. The number of ether oxygens (including phenoxy) is 1. The van der Waals surface area contributed by atoms with Crippen LogP contribution in [0, 0.1) is 11.8 Å². The lowest BCUT2D eigenvalue weighted by Gasteiger charge is -2.17. The summed E-state index contributed by atoms with van der Waals surface area (Å²) in [5.74, 6) is 1.95. The molecule has 1 aliphatic heterocycles. The van der Waals surface area contributed by atoms with Crippen LogP contribution in [-0.2, 0) is 6.61 Å². The number of carbonyl (C=O) groups is 1. The number of fused-ring (bicyclic) bond motifs is 1. The highest BCUT2D eigenvalue weighted by Crippen LogP contribution is 2.33. The third-order valence-corrected chi connectivity index (χ3v) is 5.12. The molecular formula is C21H23N3O2. The number of pyridine rings is 1. The monoisotopic (exact) mass is 349 g/mol. The highest BCUT2D eigenvalue weighted by atomic mass is 16.5. The fraction of sp³-hybridized carbons (Fsp3) is 0.333. The fourth-order valence-corrected chi connectivity index (χ4v) is 3.70. The number of amides is 2. The Labute approximate surface area is 153 Å². The van der Waals surface area contributed by atoms with Crippen molar-refractivity contribution in [1.29, 1.82) is 0 Å². The lowest BCUT2D eigenvalue weighted by atomic mass is 9.86. The van der Waals surface area contributed by atoms with Crippen molar-refractivity contribution < 1.29 is 9.53 Å². The maximum atomic E-state index is 12.6. The van der Waals surface area contributed by atoms with E-state index >= 15 is 0 Å². The Kier molecular flexibility index (Phi) is 4.86. The molecule has 5 heteroatoms. The largest absolute Gasteiger partial charge is 0.489 e. The Morgan fingerprint density at radius 2 is 1.96 bits per heavy atom. The van der Waals surface area contributed by atoms with Crippen LogP contribution >= 0.6 is 0 Å². The van der Waals surface area contributed by atoms with Gasteiger partial charge in [0.15, 0.2) is 0 Å². The van der Waals surface area contributed by atoms with Gasteiger partial charge in [-0.25, -0.2) is 4.79 Å². The first-order chi connectivity index (χ1) is 12.8. The number of nitrogens with zero attached hydrogens (tertiary/aromatic N) is 2. The second kappa shape index (κ2) is 7.60. The zero-order valence-corrected chi connectivity index (χ0v) is 14.7. The molecule has 1 aromatic heterocycles. The van der Waals surface area contributed by atoms with E-state index in [1.165, 1.54) is 0 Å². The van der Waals surface area contributed by atoms with Crippen molar-refractivity contribution in [3.8, 4) is 5.75 Å². The highest BCUT2D eigenvalue weighted by molar-refractivity contribution is 5.89. The van der Waals surface area contributed by atoms with Crippen molar-refractivity contribution in [1.82, 2.24) is 9.88 Å². The first kappa shape index (κ1) is 16.6. The number of aromatic nitrogens is 1. The van der Waals surface area contributed by atoms with Gasteiger partial charge in [0.2, 0.25) is 0 Å². The highest BCUT2D eigenvalue weighted by Gasteiger charge is 2.35. The van der Waals surface area contributed by atoms with Gasteiger partial charge in [-0.1, -0.05) is 24.3 Å². The predicted octanol–water partition coefficient (Wildman–Crippen LogP) is 4.09. The van der Waals surface area contributed by atoms with E-state index in [1.54, 1.807) is 12.4 Å². The van der Waals surface area contributed by atoms with Gasteiger partial charge in [-0.3, -0.25) is 4.98 Å². The van der Waals surface area contributed by atoms with Crippen LogP contribution in [0.2, 0.25) is 0 Å². The van der Waals surface area contributed by atoms with Crippen molar-refractivity contribution in [3.05, 3.63) is 66.5 Å². The van der Waals surface area contributed by atoms with Gasteiger partial charge >= 0.3 is 6.03 Å². The van der Waals surface area contributed by atoms with Crippen LogP contribution in [0.1, 0.15) is 18.4 Å². The Bertz CT molecular complexity index is 775. The fourth-order valence-electron chi connectivity index (χ4n) is 3.70. The predicted molar refractivity (Wildman–Crippen MR) is 101 cm³/mol. The van der Waals surface area contributed by atoms with Gasteiger partial charge in [-0.15, -0.1) is 0 Å². The number of hydrogen-bond donors (Lipinski definition) is 1. The maximum absolute atomic E-state index is 12.6. The molecule has 134 valence electrons. The summed E-state index contributed by atoms with van der Waals surface area (Å²) in [5, 5.41) is 3.01. The van der Waals surface area contributed by atoms with E-state index in [0.717, 1.165) is 42.9 Å². The van der Waals surface area contributed by atoms with Gasteiger partial charge in [-0.2, -0.15) is 0 Å². The summed E-state index contributed by atoms with van der Waals surface area (Å²) < 4.78 is 5.80. The van der Waals surface area contributed by atoms with Crippen LogP contribution in [-0.4, -0.2) is 29.0 Å². The standard InChI is InChI=1S/C21H23N3O2/c25-21(24-13-17-6-1-2-7-18(17)14-24)23-19-8-3-9-20(11-19)26-15-16-5-4-10-22-12-16/h1-5,8-12,17-18H,6-7,13-15H2,(H,23,25)/t17-,18-/m1/s1. The minimum absolute atomic E-state index is 0.0243. The summed E-state index contributed by atoms with van der Waals surface area (Å²) in [6, 6.07) is 11.4. The number of likely N-dealkylation sites (tertiary alicyclic amines) is 1. The van der Waals surface area contributed by atoms with E-state index < -0.39 is 0 Å².